The van der Waals surface area contributed by atoms with Gasteiger partial charge >= 0.3 is 0 Å². The number of aromatic nitrogens is 3. The summed E-state index contributed by atoms with van der Waals surface area (Å²) >= 11 is 3.20. The number of aryl methyl sites for hydroxylation is 3. The van der Waals surface area contributed by atoms with Crippen molar-refractivity contribution in [3.63, 3.8) is 0 Å². The summed E-state index contributed by atoms with van der Waals surface area (Å²) < 4.78 is 6.82. The number of thiophene rings is 2. The summed E-state index contributed by atoms with van der Waals surface area (Å²) in [6, 6.07) is 4.13. The Morgan fingerprint density at radius 2 is 2.08 bits per heavy atom. The third kappa shape index (κ3) is 2.40. The Bertz CT molecular complexity index is 1080. The summed E-state index contributed by atoms with van der Waals surface area (Å²) in [5, 5.41) is 6.66. The normalized spacial score (nSPS) is 11.5. The minimum atomic E-state index is -0.0256. The summed E-state index contributed by atoms with van der Waals surface area (Å²) in [5.74, 6) is 0.735. The molecule has 4 heterocycles. The fourth-order valence-electron chi connectivity index (χ4n) is 2.74. The molecule has 0 aliphatic carbocycles. The molecule has 0 aromatic carbocycles. The molecule has 122 valence electrons. The second-order valence-corrected chi connectivity index (χ2v) is 7.87. The highest BCUT2D eigenvalue weighted by Gasteiger charge is 2.16. The maximum absolute atomic E-state index is 13.0. The van der Waals surface area contributed by atoms with Crippen LogP contribution in [0.2, 0.25) is 0 Å². The van der Waals surface area contributed by atoms with E-state index in [1.807, 2.05) is 19.2 Å². The molecule has 0 fully saturated rings. The van der Waals surface area contributed by atoms with Crippen molar-refractivity contribution in [2.75, 3.05) is 0 Å². The summed E-state index contributed by atoms with van der Waals surface area (Å²) in [4.78, 5) is 20.6. The van der Waals surface area contributed by atoms with E-state index < -0.39 is 0 Å². The van der Waals surface area contributed by atoms with Gasteiger partial charge in [-0.3, -0.25) is 9.36 Å². The summed E-state index contributed by atoms with van der Waals surface area (Å²) in [6.45, 7) is 6.22. The van der Waals surface area contributed by atoms with Crippen LogP contribution in [-0.4, -0.2) is 14.7 Å². The highest BCUT2D eigenvalue weighted by Crippen LogP contribution is 2.34. The van der Waals surface area contributed by atoms with E-state index in [4.69, 9.17) is 4.52 Å². The van der Waals surface area contributed by atoms with E-state index in [1.165, 1.54) is 16.2 Å². The molecule has 0 radical (unpaired) electrons. The topological polar surface area (TPSA) is 60.9 Å². The lowest BCUT2D eigenvalue weighted by Gasteiger charge is -2.05. The Kier molecular flexibility index (Phi) is 3.62. The maximum Gasteiger partial charge on any atom is 0.263 e. The van der Waals surface area contributed by atoms with Gasteiger partial charge in [0, 0.05) is 26.3 Å². The van der Waals surface area contributed by atoms with Crippen molar-refractivity contribution in [1.29, 1.82) is 0 Å². The van der Waals surface area contributed by atoms with Gasteiger partial charge in [-0.05, 0) is 32.9 Å². The number of fused-ring (bicyclic) bond motifs is 1. The molecule has 0 saturated carbocycles. The molecule has 0 unspecified atom stereocenters. The van der Waals surface area contributed by atoms with Gasteiger partial charge in [0.15, 0.2) is 0 Å². The Hall–Kier alpha value is -2.25. The van der Waals surface area contributed by atoms with Crippen LogP contribution in [-0.2, 0) is 6.54 Å². The van der Waals surface area contributed by atoms with Crippen molar-refractivity contribution in [2.45, 2.75) is 27.3 Å². The van der Waals surface area contributed by atoms with Gasteiger partial charge in [-0.25, -0.2) is 4.98 Å². The lowest BCUT2D eigenvalue weighted by Crippen LogP contribution is -2.21. The summed E-state index contributed by atoms with van der Waals surface area (Å²) in [6.07, 6.45) is 1.61. The zero-order valence-corrected chi connectivity index (χ0v) is 15.1. The van der Waals surface area contributed by atoms with Crippen molar-refractivity contribution in [3.05, 3.63) is 56.1 Å². The standard InChI is InChI=1S/C17H15N3O2S2/c1-9-4-5-14(24-9)13-7-23-16-15(13)17(21)20(8-18-16)6-12-10(2)19-22-11(12)3/h4-5,7-8H,6H2,1-3H3. The monoisotopic (exact) mass is 357 g/mol. The van der Waals surface area contributed by atoms with Crippen LogP contribution in [0.25, 0.3) is 20.7 Å². The molecule has 0 atom stereocenters. The lowest BCUT2D eigenvalue weighted by atomic mass is 10.2. The van der Waals surface area contributed by atoms with Crippen LogP contribution < -0.4 is 5.56 Å². The van der Waals surface area contributed by atoms with E-state index in [-0.39, 0.29) is 5.56 Å². The van der Waals surface area contributed by atoms with Gasteiger partial charge in [-0.2, -0.15) is 0 Å². The van der Waals surface area contributed by atoms with Gasteiger partial charge in [0.05, 0.1) is 24.0 Å². The number of hydrogen-bond donors (Lipinski definition) is 0. The van der Waals surface area contributed by atoms with Crippen LogP contribution >= 0.6 is 22.7 Å². The van der Waals surface area contributed by atoms with E-state index in [0.29, 0.717) is 11.9 Å². The largest absolute Gasteiger partial charge is 0.361 e. The first kappa shape index (κ1) is 15.3. The molecule has 0 amide bonds. The number of nitrogens with zero attached hydrogens (tertiary/aromatic N) is 3. The Balaban J connectivity index is 1.87. The highest BCUT2D eigenvalue weighted by atomic mass is 32.1. The first-order valence-corrected chi connectivity index (χ1v) is 9.19. The molecule has 0 bridgehead atoms. The minimum Gasteiger partial charge on any atom is -0.361 e. The van der Waals surface area contributed by atoms with Crippen molar-refractivity contribution >= 4 is 32.9 Å². The van der Waals surface area contributed by atoms with Crippen LogP contribution in [0, 0.1) is 20.8 Å². The van der Waals surface area contributed by atoms with Crippen LogP contribution in [0.4, 0.5) is 0 Å². The second kappa shape index (κ2) is 5.68. The van der Waals surface area contributed by atoms with E-state index in [1.54, 1.807) is 22.2 Å². The zero-order chi connectivity index (χ0) is 16.8. The fourth-order valence-corrected chi connectivity index (χ4v) is 4.60. The van der Waals surface area contributed by atoms with E-state index in [2.05, 4.69) is 29.2 Å². The molecule has 0 saturated heterocycles. The predicted molar refractivity (Wildman–Crippen MR) is 97.0 cm³/mol. The van der Waals surface area contributed by atoms with Crippen molar-refractivity contribution in [3.8, 4) is 10.4 Å². The summed E-state index contributed by atoms with van der Waals surface area (Å²) in [5.41, 5.74) is 2.68. The first-order chi connectivity index (χ1) is 11.5. The van der Waals surface area contributed by atoms with Crippen LogP contribution in [0.3, 0.4) is 0 Å². The molecular weight excluding hydrogens is 342 g/mol. The zero-order valence-electron chi connectivity index (χ0n) is 13.5. The van der Waals surface area contributed by atoms with Gasteiger partial charge in [0.1, 0.15) is 10.6 Å². The molecular formula is C17H15N3O2S2. The Morgan fingerprint density at radius 1 is 1.25 bits per heavy atom. The van der Waals surface area contributed by atoms with Gasteiger partial charge < -0.3 is 4.52 Å². The highest BCUT2D eigenvalue weighted by molar-refractivity contribution is 7.19. The second-order valence-electron chi connectivity index (χ2n) is 5.72. The molecule has 7 heteroatoms. The third-order valence-corrected chi connectivity index (χ3v) is 6.00. The van der Waals surface area contributed by atoms with Crippen molar-refractivity contribution in [1.82, 2.24) is 14.7 Å². The average molecular weight is 357 g/mol. The van der Waals surface area contributed by atoms with Gasteiger partial charge in [0.2, 0.25) is 0 Å². The molecule has 5 nitrogen and oxygen atoms in total. The Labute approximate surface area is 146 Å². The fraction of sp³-hybridized carbons (Fsp3) is 0.235. The Morgan fingerprint density at radius 3 is 2.75 bits per heavy atom. The molecule has 24 heavy (non-hydrogen) atoms. The van der Waals surface area contributed by atoms with Crippen molar-refractivity contribution < 1.29 is 4.52 Å². The van der Waals surface area contributed by atoms with Crippen LogP contribution in [0.5, 0.6) is 0 Å². The third-order valence-electron chi connectivity index (χ3n) is 4.08. The molecule has 4 aromatic heterocycles. The SMILES string of the molecule is Cc1ccc(-c2csc3ncn(Cc4c(C)noc4C)c(=O)c23)s1. The summed E-state index contributed by atoms with van der Waals surface area (Å²) in [7, 11) is 0. The van der Waals surface area contributed by atoms with Crippen molar-refractivity contribution in [2.24, 2.45) is 0 Å². The van der Waals surface area contributed by atoms with E-state index in [9.17, 15) is 4.79 Å². The van der Waals surface area contributed by atoms with E-state index in [0.717, 1.165) is 32.3 Å². The number of hydrogen-bond acceptors (Lipinski definition) is 6. The van der Waals surface area contributed by atoms with Crippen LogP contribution in [0.1, 0.15) is 21.9 Å². The van der Waals surface area contributed by atoms with Gasteiger partial charge in [-0.15, -0.1) is 22.7 Å². The molecule has 0 aliphatic heterocycles. The van der Waals surface area contributed by atoms with Gasteiger partial charge in [0.25, 0.3) is 5.56 Å². The predicted octanol–water partition coefficient (Wildman–Crippen LogP) is 4.15. The van der Waals surface area contributed by atoms with Gasteiger partial charge in [-0.1, -0.05) is 5.16 Å². The van der Waals surface area contributed by atoms with Crippen LogP contribution in [0.15, 0.2) is 33.2 Å². The smallest absolute Gasteiger partial charge is 0.263 e. The molecule has 0 N–H and O–H groups in total. The quantitative estimate of drug-likeness (QED) is 0.553. The minimum absolute atomic E-state index is 0.0256. The molecule has 0 aliphatic rings. The average Bonchev–Trinajstić information content (AvgIpc) is 3.24. The lowest BCUT2D eigenvalue weighted by molar-refractivity contribution is 0.392. The van der Waals surface area contributed by atoms with E-state index >= 15 is 0 Å². The molecule has 0 spiro atoms. The first-order valence-electron chi connectivity index (χ1n) is 7.50. The molecule has 4 rings (SSSR count). The number of rotatable bonds is 3. The molecule has 4 aromatic rings. The maximum atomic E-state index is 13.0.